The van der Waals surface area contributed by atoms with Crippen LogP contribution in [0.5, 0.6) is 5.75 Å². The summed E-state index contributed by atoms with van der Waals surface area (Å²) < 4.78 is 5.40. The predicted octanol–water partition coefficient (Wildman–Crippen LogP) is 3.48. The molecule has 1 fully saturated rings. The number of amides is 1. The van der Waals surface area contributed by atoms with Gasteiger partial charge in [-0.15, -0.1) is 0 Å². The van der Waals surface area contributed by atoms with Crippen LogP contribution in [0, 0.1) is 0 Å². The summed E-state index contributed by atoms with van der Waals surface area (Å²) in [6.07, 6.45) is 1.72. The second-order valence-electron chi connectivity index (χ2n) is 7.08. The second kappa shape index (κ2) is 8.19. The largest absolute Gasteiger partial charge is 0.494 e. The number of methoxy groups -OCH3 is 1. The van der Waals surface area contributed by atoms with Gasteiger partial charge in [-0.2, -0.15) is 0 Å². The molecular formula is C21H26ClN3O2. The van der Waals surface area contributed by atoms with E-state index in [-0.39, 0.29) is 17.5 Å². The van der Waals surface area contributed by atoms with E-state index in [2.05, 4.69) is 35.0 Å². The molecular weight excluding hydrogens is 362 g/mol. The van der Waals surface area contributed by atoms with Gasteiger partial charge in [-0.25, -0.2) is 0 Å². The predicted molar refractivity (Wildman–Crippen MR) is 110 cm³/mol. The van der Waals surface area contributed by atoms with Crippen molar-refractivity contribution in [2.75, 3.05) is 26.0 Å². The van der Waals surface area contributed by atoms with Crippen molar-refractivity contribution in [2.45, 2.75) is 31.3 Å². The first-order chi connectivity index (χ1) is 13.0. The third-order valence-electron chi connectivity index (χ3n) is 5.27. The van der Waals surface area contributed by atoms with Crippen LogP contribution in [0.25, 0.3) is 0 Å². The summed E-state index contributed by atoms with van der Waals surface area (Å²) in [7, 11) is 3.30. The van der Waals surface area contributed by atoms with Crippen molar-refractivity contribution < 1.29 is 9.53 Å². The Labute approximate surface area is 165 Å². The van der Waals surface area contributed by atoms with Crippen LogP contribution >= 0.6 is 11.6 Å². The van der Waals surface area contributed by atoms with Gasteiger partial charge in [0.2, 0.25) is 0 Å². The average molecular weight is 388 g/mol. The molecule has 2 atom stereocenters. The summed E-state index contributed by atoms with van der Waals surface area (Å²) >= 11 is 6.36. The number of carbonyl (C=O) groups excluding carboxylic acids is 1. The molecule has 27 heavy (non-hydrogen) atoms. The van der Waals surface area contributed by atoms with Gasteiger partial charge in [-0.1, -0.05) is 41.9 Å². The first-order valence-corrected chi connectivity index (χ1v) is 9.50. The van der Waals surface area contributed by atoms with Gasteiger partial charge >= 0.3 is 0 Å². The molecule has 2 unspecified atom stereocenters. The smallest absolute Gasteiger partial charge is 0.255 e. The molecule has 2 aromatic carbocycles. The number of halogens is 1. The van der Waals surface area contributed by atoms with E-state index in [1.54, 1.807) is 19.2 Å². The van der Waals surface area contributed by atoms with E-state index < -0.39 is 0 Å². The van der Waals surface area contributed by atoms with Crippen LogP contribution in [0.2, 0.25) is 5.02 Å². The maximum absolute atomic E-state index is 13.0. The topological polar surface area (TPSA) is 62.4 Å². The zero-order valence-electron chi connectivity index (χ0n) is 15.9. The van der Waals surface area contributed by atoms with Crippen molar-refractivity contribution in [3.05, 3.63) is 58.6 Å². The fraction of sp³-hybridized carbons (Fsp3) is 0.381. The fourth-order valence-corrected chi connectivity index (χ4v) is 4.08. The highest BCUT2D eigenvalue weighted by atomic mass is 35.5. The number of rotatable bonds is 6. The molecule has 0 saturated carbocycles. The standard InChI is InChI=1S/C21H26ClN3O2/c1-21(13-14-7-5-4-6-8-14)17(11-12-24-21)25-20(26)15-9-10-16(23-2)18(22)19(15)27-3/h4-10,17,23-24H,11-13H2,1-3H3,(H,25,26). The molecule has 0 bridgehead atoms. The Bertz CT molecular complexity index is 813. The number of anilines is 1. The van der Waals surface area contributed by atoms with Crippen molar-refractivity contribution in [2.24, 2.45) is 0 Å². The molecule has 5 nitrogen and oxygen atoms in total. The van der Waals surface area contributed by atoms with Gasteiger partial charge in [-0.3, -0.25) is 4.79 Å². The third kappa shape index (κ3) is 4.04. The molecule has 3 N–H and O–H groups in total. The van der Waals surface area contributed by atoms with Gasteiger partial charge in [-0.05, 0) is 44.0 Å². The molecule has 6 heteroatoms. The lowest BCUT2D eigenvalue weighted by atomic mass is 9.87. The molecule has 1 aliphatic heterocycles. The maximum Gasteiger partial charge on any atom is 0.255 e. The molecule has 1 aliphatic rings. The monoisotopic (exact) mass is 387 g/mol. The first kappa shape index (κ1) is 19.5. The Kier molecular flexibility index (Phi) is 5.92. The Morgan fingerprint density at radius 3 is 2.70 bits per heavy atom. The van der Waals surface area contributed by atoms with Gasteiger partial charge in [0.25, 0.3) is 5.91 Å². The number of hydrogen-bond donors (Lipinski definition) is 3. The van der Waals surface area contributed by atoms with Crippen LogP contribution in [0.4, 0.5) is 5.69 Å². The van der Waals surface area contributed by atoms with Crippen LogP contribution < -0.4 is 20.7 Å². The van der Waals surface area contributed by atoms with Crippen LogP contribution in [0.1, 0.15) is 29.3 Å². The van der Waals surface area contributed by atoms with Crippen molar-refractivity contribution in [3.8, 4) is 5.75 Å². The van der Waals surface area contributed by atoms with Crippen LogP contribution in [-0.2, 0) is 6.42 Å². The first-order valence-electron chi connectivity index (χ1n) is 9.12. The summed E-state index contributed by atoms with van der Waals surface area (Å²) in [5.41, 5.74) is 2.20. The van der Waals surface area contributed by atoms with Crippen molar-refractivity contribution >= 4 is 23.2 Å². The van der Waals surface area contributed by atoms with E-state index >= 15 is 0 Å². The van der Waals surface area contributed by atoms with E-state index in [1.807, 2.05) is 18.2 Å². The van der Waals surface area contributed by atoms with Crippen LogP contribution in [-0.4, -0.2) is 38.2 Å². The summed E-state index contributed by atoms with van der Waals surface area (Å²) in [4.78, 5) is 13.0. The Morgan fingerprint density at radius 1 is 1.30 bits per heavy atom. The Balaban J connectivity index is 1.80. The lowest BCUT2D eigenvalue weighted by Crippen LogP contribution is -2.54. The minimum Gasteiger partial charge on any atom is -0.494 e. The van der Waals surface area contributed by atoms with Gasteiger partial charge in [0.1, 0.15) is 5.02 Å². The van der Waals surface area contributed by atoms with Crippen LogP contribution in [0.3, 0.4) is 0 Å². The number of hydrogen-bond acceptors (Lipinski definition) is 4. The Morgan fingerprint density at radius 2 is 2.04 bits per heavy atom. The molecule has 1 heterocycles. The minimum atomic E-state index is -0.209. The SMILES string of the molecule is CNc1ccc(C(=O)NC2CCNC2(C)Cc2ccccc2)c(OC)c1Cl. The highest BCUT2D eigenvalue weighted by molar-refractivity contribution is 6.35. The maximum atomic E-state index is 13.0. The molecule has 0 aromatic heterocycles. The van der Waals surface area contributed by atoms with E-state index in [0.29, 0.717) is 16.3 Å². The molecule has 0 radical (unpaired) electrons. The highest BCUT2D eigenvalue weighted by Gasteiger charge is 2.39. The number of ether oxygens (including phenoxy) is 1. The lowest BCUT2D eigenvalue weighted by molar-refractivity contribution is 0.0917. The third-order valence-corrected chi connectivity index (χ3v) is 5.64. The Hall–Kier alpha value is -2.24. The number of benzene rings is 2. The molecule has 3 rings (SSSR count). The van der Waals surface area contributed by atoms with Crippen molar-refractivity contribution in [1.82, 2.24) is 10.6 Å². The normalized spacial score (nSPS) is 21.7. The van der Waals surface area contributed by atoms with Gasteiger partial charge in [0.15, 0.2) is 5.75 Å². The summed E-state index contributed by atoms with van der Waals surface area (Å²) in [5, 5.41) is 10.2. The van der Waals surface area contributed by atoms with Crippen molar-refractivity contribution in [3.63, 3.8) is 0 Å². The van der Waals surface area contributed by atoms with Gasteiger partial charge in [0.05, 0.1) is 18.4 Å². The fourth-order valence-electron chi connectivity index (χ4n) is 3.74. The number of nitrogens with one attached hydrogen (secondary N) is 3. The van der Waals surface area contributed by atoms with E-state index in [0.717, 1.165) is 25.1 Å². The van der Waals surface area contributed by atoms with E-state index in [1.165, 1.54) is 12.7 Å². The summed E-state index contributed by atoms with van der Waals surface area (Å²) in [6.45, 7) is 3.02. The van der Waals surface area contributed by atoms with E-state index in [9.17, 15) is 4.79 Å². The quantitative estimate of drug-likeness (QED) is 0.710. The van der Waals surface area contributed by atoms with Gasteiger partial charge in [0, 0.05) is 18.6 Å². The minimum absolute atomic E-state index is 0.0117. The molecule has 1 saturated heterocycles. The molecule has 0 aliphatic carbocycles. The summed E-state index contributed by atoms with van der Waals surface area (Å²) in [5.74, 6) is 0.209. The van der Waals surface area contributed by atoms with Crippen molar-refractivity contribution in [1.29, 1.82) is 0 Å². The lowest BCUT2D eigenvalue weighted by Gasteiger charge is -2.32. The second-order valence-corrected chi connectivity index (χ2v) is 7.46. The number of carbonyl (C=O) groups is 1. The highest BCUT2D eigenvalue weighted by Crippen LogP contribution is 2.35. The van der Waals surface area contributed by atoms with Gasteiger partial charge < -0.3 is 20.7 Å². The molecule has 1 amide bonds. The summed E-state index contributed by atoms with van der Waals surface area (Å²) in [6, 6.07) is 13.9. The zero-order valence-corrected chi connectivity index (χ0v) is 16.7. The average Bonchev–Trinajstić information content (AvgIpc) is 3.02. The molecule has 2 aromatic rings. The molecule has 0 spiro atoms. The van der Waals surface area contributed by atoms with Crippen LogP contribution in [0.15, 0.2) is 42.5 Å². The zero-order chi connectivity index (χ0) is 19.4. The molecule has 144 valence electrons. The van der Waals surface area contributed by atoms with E-state index in [4.69, 9.17) is 16.3 Å².